The molecule has 0 atom stereocenters. The number of aromatic nitrogens is 3. The van der Waals surface area contributed by atoms with Crippen LogP contribution in [0.15, 0.2) is 54.6 Å². The van der Waals surface area contributed by atoms with Crippen molar-refractivity contribution in [1.29, 1.82) is 0 Å². The third-order valence-electron chi connectivity index (χ3n) is 4.24. The van der Waals surface area contributed by atoms with Crippen molar-refractivity contribution in [2.24, 2.45) is 0 Å². The normalized spacial score (nSPS) is 10.9. The summed E-state index contributed by atoms with van der Waals surface area (Å²) in [5.74, 6) is -1.14. The molecule has 0 aliphatic carbocycles. The molecule has 2 N–H and O–H groups in total. The van der Waals surface area contributed by atoms with E-state index in [9.17, 15) is 20.0 Å². The van der Waals surface area contributed by atoms with Crippen molar-refractivity contribution in [1.82, 2.24) is 15.2 Å². The fraction of sp³-hybridized carbons (Fsp3) is 0. The minimum atomic E-state index is -1.14. The molecule has 0 aliphatic heterocycles. The highest BCUT2D eigenvalue weighted by Crippen LogP contribution is 2.32. The molecule has 0 bridgehead atoms. The average molecular weight is 395 g/mol. The fourth-order valence-corrected chi connectivity index (χ4v) is 3.14. The standard InChI is InChI=1S/C19H11ClN4O4/c20-12-3-1-2-11(8-12)15-9-14(19(25)26)16-17(22-23-18(16)21-15)10-4-6-13(7-5-10)24(27)28/h1-9H,(H,25,26)(H,21,22,23). The van der Waals surface area contributed by atoms with Crippen LogP contribution in [0.5, 0.6) is 0 Å². The van der Waals surface area contributed by atoms with E-state index < -0.39 is 10.9 Å². The van der Waals surface area contributed by atoms with Crippen LogP contribution in [0.25, 0.3) is 33.5 Å². The van der Waals surface area contributed by atoms with E-state index in [1.165, 1.54) is 30.3 Å². The zero-order valence-corrected chi connectivity index (χ0v) is 14.8. The second-order valence-electron chi connectivity index (χ2n) is 5.97. The molecule has 4 rings (SSSR count). The molecule has 0 fully saturated rings. The summed E-state index contributed by atoms with van der Waals surface area (Å²) < 4.78 is 0. The maximum atomic E-state index is 11.9. The summed E-state index contributed by atoms with van der Waals surface area (Å²) in [4.78, 5) is 26.7. The smallest absolute Gasteiger partial charge is 0.336 e. The third kappa shape index (κ3) is 3.06. The number of nitrogens with zero attached hydrogens (tertiary/aromatic N) is 3. The fourth-order valence-electron chi connectivity index (χ4n) is 2.95. The topological polar surface area (TPSA) is 122 Å². The van der Waals surface area contributed by atoms with Crippen LogP contribution in [0.2, 0.25) is 5.02 Å². The monoisotopic (exact) mass is 394 g/mol. The Balaban J connectivity index is 1.91. The van der Waals surface area contributed by atoms with Crippen LogP contribution in [0, 0.1) is 10.1 Å². The quantitative estimate of drug-likeness (QED) is 0.386. The molecule has 0 amide bonds. The number of hydrogen-bond donors (Lipinski definition) is 2. The number of aromatic carboxylic acids is 1. The second-order valence-corrected chi connectivity index (χ2v) is 6.41. The maximum Gasteiger partial charge on any atom is 0.336 e. The van der Waals surface area contributed by atoms with Crippen molar-refractivity contribution in [3.05, 3.63) is 75.3 Å². The lowest BCUT2D eigenvalue weighted by Gasteiger charge is -2.06. The number of fused-ring (bicyclic) bond motifs is 1. The summed E-state index contributed by atoms with van der Waals surface area (Å²) >= 11 is 6.02. The third-order valence-corrected chi connectivity index (χ3v) is 4.48. The van der Waals surface area contributed by atoms with Gasteiger partial charge in [0.1, 0.15) is 0 Å². The predicted octanol–water partition coefficient (Wildman–Crippen LogP) is 4.55. The van der Waals surface area contributed by atoms with Crippen molar-refractivity contribution in [3.8, 4) is 22.5 Å². The van der Waals surface area contributed by atoms with Gasteiger partial charge in [0, 0.05) is 28.3 Å². The number of H-pyrrole nitrogens is 1. The van der Waals surface area contributed by atoms with Gasteiger partial charge in [-0.1, -0.05) is 23.7 Å². The number of benzene rings is 2. The first-order valence-corrected chi connectivity index (χ1v) is 8.45. The number of non-ortho nitro benzene ring substituents is 1. The van der Waals surface area contributed by atoms with E-state index in [0.29, 0.717) is 32.9 Å². The second kappa shape index (κ2) is 6.75. The molecule has 0 saturated heterocycles. The molecule has 0 unspecified atom stereocenters. The van der Waals surface area contributed by atoms with E-state index in [2.05, 4.69) is 15.2 Å². The molecule has 0 aliphatic rings. The molecule has 2 aromatic carbocycles. The van der Waals surface area contributed by atoms with E-state index in [-0.39, 0.29) is 16.9 Å². The van der Waals surface area contributed by atoms with E-state index in [0.717, 1.165) is 0 Å². The van der Waals surface area contributed by atoms with E-state index >= 15 is 0 Å². The Morgan fingerprint density at radius 1 is 1.11 bits per heavy atom. The lowest BCUT2D eigenvalue weighted by atomic mass is 10.0. The van der Waals surface area contributed by atoms with Gasteiger partial charge < -0.3 is 5.11 Å². The van der Waals surface area contributed by atoms with Crippen LogP contribution >= 0.6 is 11.6 Å². The molecule has 2 aromatic heterocycles. The Bertz CT molecular complexity index is 1230. The van der Waals surface area contributed by atoms with Crippen LogP contribution in [0.4, 0.5) is 5.69 Å². The van der Waals surface area contributed by atoms with Gasteiger partial charge in [0.25, 0.3) is 5.69 Å². The number of nitrogens with one attached hydrogen (secondary N) is 1. The number of aromatic amines is 1. The number of pyridine rings is 1. The Morgan fingerprint density at radius 3 is 2.50 bits per heavy atom. The van der Waals surface area contributed by atoms with Gasteiger partial charge in [0.2, 0.25) is 0 Å². The van der Waals surface area contributed by atoms with Crippen LogP contribution in [-0.4, -0.2) is 31.2 Å². The van der Waals surface area contributed by atoms with Crippen molar-refractivity contribution in [2.45, 2.75) is 0 Å². The van der Waals surface area contributed by atoms with E-state index in [1.54, 1.807) is 24.3 Å². The number of hydrogen-bond acceptors (Lipinski definition) is 5. The molecular formula is C19H11ClN4O4. The maximum absolute atomic E-state index is 11.9. The number of carboxylic acids is 1. The lowest BCUT2D eigenvalue weighted by Crippen LogP contribution is -2.00. The number of halogens is 1. The first-order valence-electron chi connectivity index (χ1n) is 8.07. The molecule has 2 heterocycles. The summed E-state index contributed by atoms with van der Waals surface area (Å²) in [7, 11) is 0. The molecular weight excluding hydrogens is 384 g/mol. The van der Waals surface area contributed by atoms with Crippen LogP contribution < -0.4 is 0 Å². The zero-order chi connectivity index (χ0) is 19.8. The van der Waals surface area contributed by atoms with Gasteiger partial charge in [0.15, 0.2) is 5.65 Å². The summed E-state index contributed by atoms with van der Waals surface area (Å²) in [6, 6.07) is 14.1. The largest absolute Gasteiger partial charge is 0.478 e. The number of carboxylic acid groups (broad SMARTS) is 1. The van der Waals surface area contributed by atoms with Gasteiger partial charge in [-0.15, -0.1) is 0 Å². The van der Waals surface area contributed by atoms with Gasteiger partial charge in [-0.3, -0.25) is 15.2 Å². The van der Waals surface area contributed by atoms with Gasteiger partial charge in [-0.05, 0) is 30.3 Å². The van der Waals surface area contributed by atoms with Gasteiger partial charge in [0.05, 0.1) is 27.3 Å². The molecule has 8 nitrogen and oxygen atoms in total. The first kappa shape index (κ1) is 17.6. The van der Waals surface area contributed by atoms with Crippen molar-refractivity contribution in [3.63, 3.8) is 0 Å². The van der Waals surface area contributed by atoms with E-state index in [4.69, 9.17) is 11.6 Å². The summed E-state index contributed by atoms with van der Waals surface area (Å²) in [6.45, 7) is 0. The van der Waals surface area contributed by atoms with Crippen molar-refractivity contribution in [2.75, 3.05) is 0 Å². The van der Waals surface area contributed by atoms with Crippen LogP contribution in [0.3, 0.4) is 0 Å². The van der Waals surface area contributed by atoms with Crippen LogP contribution in [0.1, 0.15) is 10.4 Å². The molecule has 4 aromatic rings. The lowest BCUT2D eigenvalue weighted by molar-refractivity contribution is -0.384. The summed E-state index contributed by atoms with van der Waals surface area (Å²) in [5, 5.41) is 28.3. The number of rotatable bonds is 4. The van der Waals surface area contributed by atoms with Gasteiger partial charge in [-0.2, -0.15) is 5.10 Å². The van der Waals surface area contributed by atoms with Crippen LogP contribution in [-0.2, 0) is 0 Å². The number of nitro groups is 1. The molecule has 0 saturated carbocycles. The molecule has 0 spiro atoms. The average Bonchev–Trinajstić information content (AvgIpc) is 3.11. The van der Waals surface area contributed by atoms with Gasteiger partial charge >= 0.3 is 5.97 Å². The minimum Gasteiger partial charge on any atom is -0.478 e. The highest BCUT2D eigenvalue weighted by molar-refractivity contribution is 6.30. The Morgan fingerprint density at radius 2 is 1.86 bits per heavy atom. The first-order chi connectivity index (χ1) is 13.4. The molecule has 0 radical (unpaired) electrons. The van der Waals surface area contributed by atoms with Gasteiger partial charge in [-0.25, -0.2) is 9.78 Å². The Hall–Kier alpha value is -3.78. The number of carbonyl (C=O) groups is 1. The summed E-state index contributed by atoms with van der Waals surface area (Å²) in [6.07, 6.45) is 0. The highest BCUT2D eigenvalue weighted by Gasteiger charge is 2.20. The molecule has 9 heteroatoms. The minimum absolute atomic E-state index is 0.0158. The Kier molecular flexibility index (Phi) is 4.25. The van der Waals surface area contributed by atoms with Crippen molar-refractivity contribution < 1.29 is 14.8 Å². The molecule has 28 heavy (non-hydrogen) atoms. The zero-order valence-electron chi connectivity index (χ0n) is 14.1. The van der Waals surface area contributed by atoms with Crippen molar-refractivity contribution >= 4 is 34.3 Å². The molecule has 138 valence electrons. The van der Waals surface area contributed by atoms with E-state index in [1.807, 2.05) is 0 Å². The Labute approximate surface area is 162 Å². The summed E-state index contributed by atoms with van der Waals surface area (Å²) in [5.41, 5.74) is 2.25. The highest BCUT2D eigenvalue weighted by atomic mass is 35.5. The SMILES string of the molecule is O=C(O)c1cc(-c2cccc(Cl)c2)nc2n[nH]c(-c3ccc([N+](=O)[O-])cc3)c12. The predicted molar refractivity (Wildman–Crippen MR) is 103 cm³/mol. The number of nitro benzene ring substituents is 1.